The molecule has 0 radical (unpaired) electrons. The Morgan fingerprint density at radius 2 is 2.67 bits per heavy atom. The third-order valence-electron chi connectivity index (χ3n) is 2.31. The van der Waals surface area contributed by atoms with Crippen molar-refractivity contribution in [2.24, 2.45) is 0 Å². The largest absolute Gasteiger partial charge is 0.375 e. The van der Waals surface area contributed by atoms with Gasteiger partial charge < -0.3 is 10.1 Å². The molecule has 1 aromatic rings. The second kappa shape index (κ2) is 5.34. The third kappa shape index (κ3) is 3.37. The van der Waals surface area contributed by atoms with Crippen LogP contribution in [0.15, 0.2) is 11.7 Å². The Hall–Kier alpha value is -0.780. The minimum Gasteiger partial charge on any atom is -0.375 e. The van der Waals surface area contributed by atoms with Crippen molar-refractivity contribution in [2.45, 2.75) is 18.9 Å². The van der Waals surface area contributed by atoms with Crippen LogP contribution < -0.4 is 5.32 Å². The molecule has 0 aromatic carbocycles. The highest BCUT2D eigenvalue weighted by Crippen LogP contribution is 2.10. The van der Waals surface area contributed by atoms with Gasteiger partial charge in [0.05, 0.1) is 18.2 Å². The summed E-state index contributed by atoms with van der Waals surface area (Å²) >= 11 is 1.52. The van der Waals surface area contributed by atoms with E-state index >= 15 is 0 Å². The van der Waals surface area contributed by atoms with Crippen LogP contribution in [-0.2, 0) is 16.0 Å². The molecule has 2 rings (SSSR count). The molecular formula is C10H14N2O2S. The van der Waals surface area contributed by atoms with Gasteiger partial charge in [-0.05, 0) is 0 Å². The second-order valence-electron chi connectivity index (χ2n) is 3.58. The molecule has 1 saturated heterocycles. The summed E-state index contributed by atoms with van der Waals surface area (Å²) in [6, 6.07) is 0. The number of ketones is 1. The lowest BCUT2D eigenvalue weighted by molar-refractivity contribution is -0.121. The standard InChI is InChI=1S/C10H14N2O2S/c13-8(4-10-6-12-7-15-10)3-9-5-11-1-2-14-9/h6-7,9,11H,1-5H2. The predicted octanol–water partition coefficient (Wildman–Crippen LogP) is 0.633. The normalized spacial score (nSPS) is 21.5. The summed E-state index contributed by atoms with van der Waals surface area (Å²) in [5.41, 5.74) is 1.75. The van der Waals surface area contributed by atoms with Crippen molar-refractivity contribution < 1.29 is 9.53 Å². The molecule has 1 aliphatic heterocycles. The summed E-state index contributed by atoms with van der Waals surface area (Å²) in [5.74, 6) is 0.230. The molecule has 0 bridgehead atoms. The van der Waals surface area contributed by atoms with Gasteiger partial charge in [-0.15, -0.1) is 11.3 Å². The molecule has 0 saturated carbocycles. The molecule has 0 spiro atoms. The van der Waals surface area contributed by atoms with E-state index in [1.165, 1.54) is 11.3 Å². The molecule has 0 amide bonds. The number of hydrogen-bond donors (Lipinski definition) is 1. The van der Waals surface area contributed by atoms with E-state index in [9.17, 15) is 4.79 Å². The van der Waals surface area contributed by atoms with Crippen LogP contribution in [0.2, 0.25) is 0 Å². The maximum Gasteiger partial charge on any atom is 0.140 e. The average molecular weight is 226 g/mol. The molecular weight excluding hydrogens is 212 g/mol. The van der Waals surface area contributed by atoms with Crippen molar-refractivity contribution in [3.8, 4) is 0 Å². The zero-order valence-electron chi connectivity index (χ0n) is 8.44. The summed E-state index contributed by atoms with van der Waals surface area (Å²) < 4.78 is 5.47. The third-order valence-corrected chi connectivity index (χ3v) is 3.09. The van der Waals surface area contributed by atoms with Crippen molar-refractivity contribution >= 4 is 17.1 Å². The lowest BCUT2D eigenvalue weighted by atomic mass is 10.1. The smallest absolute Gasteiger partial charge is 0.140 e. The Labute approximate surface area is 92.7 Å². The van der Waals surface area contributed by atoms with Crippen LogP contribution in [0.25, 0.3) is 0 Å². The predicted molar refractivity (Wildman–Crippen MR) is 58.1 cm³/mol. The zero-order valence-corrected chi connectivity index (χ0v) is 9.26. The number of thiazole rings is 1. The lowest BCUT2D eigenvalue weighted by Crippen LogP contribution is -2.39. The average Bonchev–Trinajstić information content (AvgIpc) is 2.71. The van der Waals surface area contributed by atoms with Crippen molar-refractivity contribution in [1.29, 1.82) is 0 Å². The Kier molecular flexibility index (Phi) is 3.82. The number of morpholine rings is 1. The summed E-state index contributed by atoms with van der Waals surface area (Å²) in [7, 11) is 0. The molecule has 1 N–H and O–H groups in total. The highest BCUT2D eigenvalue weighted by atomic mass is 32.1. The van der Waals surface area contributed by atoms with Gasteiger partial charge in [0.1, 0.15) is 5.78 Å². The lowest BCUT2D eigenvalue weighted by Gasteiger charge is -2.22. The Morgan fingerprint density at radius 1 is 1.73 bits per heavy atom. The molecule has 1 aliphatic rings. The fourth-order valence-corrected chi connectivity index (χ4v) is 2.22. The monoisotopic (exact) mass is 226 g/mol. The Morgan fingerprint density at radius 3 is 3.33 bits per heavy atom. The molecule has 2 heterocycles. The van der Waals surface area contributed by atoms with Crippen LogP contribution in [0.4, 0.5) is 0 Å². The van der Waals surface area contributed by atoms with Crippen molar-refractivity contribution in [3.63, 3.8) is 0 Å². The SMILES string of the molecule is O=C(Cc1cncs1)CC1CNCCO1. The highest BCUT2D eigenvalue weighted by Gasteiger charge is 2.17. The second-order valence-corrected chi connectivity index (χ2v) is 4.56. The van der Waals surface area contributed by atoms with Gasteiger partial charge in [0, 0.05) is 37.0 Å². The minimum atomic E-state index is 0.0548. The summed E-state index contributed by atoms with van der Waals surface area (Å²) in [5, 5.41) is 3.21. The molecule has 1 unspecified atom stereocenters. The quantitative estimate of drug-likeness (QED) is 0.818. The number of carbonyl (C=O) groups excluding carboxylic acids is 1. The van der Waals surface area contributed by atoms with Gasteiger partial charge in [-0.3, -0.25) is 9.78 Å². The maximum atomic E-state index is 11.6. The van der Waals surface area contributed by atoms with Gasteiger partial charge in [0.25, 0.3) is 0 Å². The van der Waals surface area contributed by atoms with E-state index in [1.807, 2.05) is 0 Å². The summed E-state index contributed by atoms with van der Waals surface area (Å²) in [6.07, 6.45) is 2.80. The minimum absolute atomic E-state index is 0.0548. The van der Waals surface area contributed by atoms with Crippen LogP contribution in [-0.4, -0.2) is 36.6 Å². The van der Waals surface area contributed by atoms with Gasteiger partial charge >= 0.3 is 0 Å². The van der Waals surface area contributed by atoms with Gasteiger partial charge in [-0.1, -0.05) is 0 Å². The highest BCUT2D eigenvalue weighted by molar-refractivity contribution is 7.09. The number of nitrogens with one attached hydrogen (secondary N) is 1. The first-order chi connectivity index (χ1) is 7.34. The van der Waals surface area contributed by atoms with Crippen molar-refractivity contribution in [1.82, 2.24) is 10.3 Å². The van der Waals surface area contributed by atoms with Crippen molar-refractivity contribution in [3.05, 3.63) is 16.6 Å². The molecule has 1 aromatic heterocycles. The van der Waals surface area contributed by atoms with Gasteiger partial charge in [0.2, 0.25) is 0 Å². The number of ether oxygens (including phenoxy) is 1. The summed E-state index contributed by atoms with van der Waals surface area (Å²) in [4.78, 5) is 16.6. The molecule has 82 valence electrons. The van der Waals surface area contributed by atoms with Gasteiger partial charge in [-0.2, -0.15) is 0 Å². The Balaban J connectivity index is 1.76. The molecule has 15 heavy (non-hydrogen) atoms. The van der Waals surface area contributed by atoms with Crippen LogP contribution in [0.3, 0.4) is 0 Å². The van der Waals surface area contributed by atoms with E-state index in [0.717, 1.165) is 18.0 Å². The van der Waals surface area contributed by atoms with Crippen LogP contribution in [0.5, 0.6) is 0 Å². The number of Topliss-reactive ketones (excluding diaryl/α,β-unsaturated/α-hetero) is 1. The first-order valence-corrected chi connectivity index (χ1v) is 5.94. The van der Waals surface area contributed by atoms with Crippen LogP contribution in [0, 0.1) is 0 Å². The van der Waals surface area contributed by atoms with Crippen LogP contribution >= 0.6 is 11.3 Å². The fraction of sp³-hybridized carbons (Fsp3) is 0.600. The zero-order chi connectivity index (χ0) is 10.5. The Bertz CT molecular complexity index is 307. The first-order valence-electron chi connectivity index (χ1n) is 5.06. The van der Waals surface area contributed by atoms with E-state index in [-0.39, 0.29) is 11.9 Å². The van der Waals surface area contributed by atoms with Gasteiger partial charge in [0.15, 0.2) is 0 Å². The molecule has 1 fully saturated rings. The van der Waals surface area contributed by atoms with E-state index in [4.69, 9.17) is 4.74 Å². The maximum absolute atomic E-state index is 11.6. The summed E-state index contributed by atoms with van der Waals surface area (Å²) in [6.45, 7) is 2.38. The number of aromatic nitrogens is 1. The first kappa shape index (κ1) is 10.7. The van der Waals surface area contributed by atoms with Crippen LogP contribution in [0.1, 0.15) is 11.3 Å². The number of hydrogen-bond acceptors (Lipinski definition) is 5. The molecule has 1 atom stereocenters. The van der Waals surface area contributed by atoms with Crippen molar-refractivity contribution in [2.75, 3.05) is 19.7 Å². The molecule has 4 nitrogen and oxygen atoms in total. The number of rotatable bonds is 4. The molecule has 0 aliphatic carbocycles. The van der Waals surface area contributed by atoms with E-state index in [1.54, 1.807) is 11.7 Å². The number of nitrogens with zero attached hydrogens (tertiary/aromatic N) is 1. The fourth-order valence-electron chi connectivity index (χ4n) is 1.60. The number of carbonyl (C=O) groups is 1. The molecule has 5 heteroatoms. The van der Waals surface area contributed by atoms with E-state index in [2.05, 4.69) is 10.3 Å². The topological polar surface area (TPSA) is 51.2 Å². The van der Waals surface area contributed by atoms with Gasteiger partial charge in [-0.25, -0.2) is 0 Å². The van der Waals surface area contributed by atoms with E-state index < -0.39 is 0 Å². The van der Waals surface area contributed by atoms with E-state index in [0.29, 0.717) is 19.4 Å².